The molecule has 0 unspecified atom stereocenters. The molecule has 8 heteroatoms. The third-order valence-corrected chi connectivity index (χ3v) is 5.14. The summed E-state index contributed by atoms with van der Waals surface area (Å²) in [5.41, 5.74) is 6.86. The smallest absolute Gasteiger partial charge is 0.308 e. The molecule has 3 rings (SSSR count). The molecule has 8 nitrogen and oxygen atoms in total. The number of ketones is 1. The molecule has 1 aromatic rings. The van der Waals surface area contributed by atoms with Gasteiger partial charge in [0, 0.05) is 25.3 Å². The van der Waals surface area contributed by atoms with Crippen molar-refractivity contribution in [3.8, 4) is 23.3 Å². The first-order valence-corrected chi connectivity index (χ1v) is 9.40. The molecule has 0 spiro atoms. The van der Waals surface area contributed by atoms with Crippen LogP contribution >= 0.6 is 0 Å². The summed E-state index contributed by atoms with van der Waals surface area (Å²) in [6.07, 6.45) is 0.841. The Morgan fingerprint density at radius 2 is 1.83 bits per heavy atom. The highest BCUT2D eigenvalue weighted by Crippen LogP contribution is 2.50. The number of Topliss-reactive ketones (excluding diaryl/α,β-unsaturated/α-hetero) is 1. The number of nitriles is 1. The predicted molar refractivity (Wildman–Crippen MR) is 107 cm³/mol. The molecule has 1 heterocycles. The first kappa shape index (κ1) is 21.2. The maximum atomic E-state index is 13.1. The van der Waals surface area contributed by atoms with Crippen molar-refractivity contribution in [3.05, 3.63) is 40.5 Å². The summed E-state index contributed by atoms with van der Waals surface area (Å²) in [6.45, 7) is 5.22. The summed E-state index contributed by atoms with van der Waals surface area (Å²) in [6, 6.07) is 5.29. The number of benzene rings is 1. The van der Waals surface area contributed by atoms with E-state index < -0.39 is 11.9 Å². The molecule has 0 fully saturated rings. The molecule has 1 aliphatic carbocycles. The van der Waals surface area contributed by atoms with E-state index in [9.17, 15) is 14.9 Å². The standard InChI is InChI=1S/C22H24N2O6/c1-11(25)29-20-15(27-4)6-12(7-16(20)28-5)18-13(10-23)21(24)30-17-9-22(2,3)8-14(26)19(17)18/h6-7,18H,8-9,24H2,1-5H3/t18-/m0/s1. The van der Waals surface area contributed by atoms with Crippen molar-refractivity contribution in [1.29, 1.82) is 5.26 Å². The van der Waals surface area contributed by atoms with Gasteiger partial charge in [0.2, 0.25) is 11.6 Å². The zero-order valence-corrected chi connectivity index (χ0v) is 17.6. The second-order valence-corrected chi connectivity index (χ2v) is 8.05. The van der Waals surface area contributed by atoms with E-state index in [4.69, 9.17) is 24.7 Å². The molecule has 30 heavy (non-hydrogen) atoms. The number of carbonyl (C=O) groups is 2. The molecule has 2 aliphatic rings. The topological polar surface area (TPSA) is 121 Å². The molecule has 0 aromatic heterocycles. The van der Waals surface area contributed by atoms with E-state index in [-0.39, 0.29) is 39.9 Å². The monoisotopic (exact) mass is 412 g/mol. The second kappa shape index (κ2) is 7.75. The van der Waals surface area contributed by atoms with E-state index in [0.29, 0.717) is 29.7 Å². The maximum absolute atomic E-state index is 13.1. The van der Waals surface area contributed by atoms with Crippen LogP contribution in [0.5, 0.6) is 17.2 Å². The molecule has 1 aliphatic heterocycles. The maximum Gasteiger partial charge on any atom is 0.308 e. The normalized spacial score (nSPS) is 20.1. The Hall–Kier alpha value is -3.47. The van der Waals surface area contributed by atoms with Crippen LogP contribution in [-0.2, 0) is 14.3 Å². The highest BCUT2D eigenvalue weighted by Gasteiger charge is 2.43. The minimum absolute atomic E-state index is 0.0336. The molecular formula is C22H24N2O6. The lowest BCUT2D eigenvalue weighted by molar-refractivity contribution is -0.132. The Labute approximate surface area is 174 Å². The lowest BCUT2D eigenvalue weighted by Gasteiger charge is -2.37. The largest absolute Gasteiger partial charge is 0.493 e. The van der Waals surface area contributed by atoms with Crippen molar-refractivity contribution >= 4 is 11.8 Å². The van der Waals surface area contributed by atoms with Crippen molar-refractivity contribution in [3.63, 3.8) is 0 Å². The van der Waals surface area contributed by atoms with Crippen LogP contribution in [0.1, 0.15) is 45.1 Å². The van der Waals surface area contributed by atoms with Crippen LogP contribution in [0.3, 0.4) is 0 Å². The number of nitrogens with zero attached hydrogens (tertiary/aromatic N) is 1. The lowest BCUT2D eigenvalue weighted by Crippen LogP contribution is -2.33. The van der Waals surface area contributed by atoms with Gasteiger partial charge in [0.1, 0.15) is 17.4 Å². The van der Waals surface area contributed by atoms with Crippen LogP contribution in [0.2, 0.25) is 0 Å². The van der Waals surface area contributed by atoms with Crippen LogP contribution in [0.4, 0.5) is 0 Å². The first-order valence-electron chi connectivity index (χ1n) is 9.40. The molecule has 1 aromatic carbocycles. The summed E-state index contributed by atoms with van der Waals surface area (Å²) in [5.74, 6) is -0.371. The highest BCUT2D eigenvalue weighted by atomic mass is 16.6. The van der Waals surface area contributed by atoms with Gasteiger partial charge in [0.15, 0.2) is 17.3 Å². The zero-order valence-electron chi connectivity index (χ0n) is 17.6. The average Bonchev–Trinajstić information content (AvgIpc) is 2.65. The Kier molecular flexibility index (Phi) is 5.49. The number of methoxy groups -OCH3 is 2. The van der Waals surface area contributed by atoms with E-state index in [0.717, 1.165) is 0 Å². The van der Waals surface area contributed by atoms with Gasteiger partial charge < -0.3 is 24.7 Å². The first-order chi connectivity index (χ1) is 14.1. The average molecular weight is 412 g/mol. The van der Waals surface area contributed by atoms with Gasteiger partial charge >= 0.3 is 5.97 Å². The highest BCUT2D eigenvalue weighted by molar-refractivity contribution is 6.00. The molecule has 0 bridgehead atoms. The Morgan fingerprint density at radius 3 is 2.33 bits per heavy atom. The number of allylic oxidation sites excluding steroid dienone is 3. The van der Waals surface area contributed by atoms with Crippen molar-refractivity contribution in [2.24, 2.45) is 11.1 Å². The van der Waals surface area contributed by atoms with Crippen LogP contribution in [-0.4, -0.2) is 26.0 Å². The van der Waals surface area contributed by atoms with Crippen molar-refractivity contribution < 1.29 is 28.5 Å². The van der Waals surface area contributed by atoms with E-state index >= 15 is 0 Å². The van der Waals surface area contributed by atoms with Crippen LogP contribution < -0.4 is 19.9 Å². The fraction of sp³-hybridized carbons (Fsp3) is 0.409. The Balaban J connectivity index is 2.24. The summed E-state index contributed by atoms with van der Waals surface area (Å²) in [7, 11) is 2.84. The second-order valence-electron chi connectivity index (χ2n) is 8.05. The fourth-order valence-corrected chi connectivity index (χ4v) is 3.93. The molecule has 0 radical (unpaired) electrons. The van der Waals surface area contributed by atoms with Gasteiger partial charge in [0.05, 0.1) is 20.1 Å². The number of hydrogen-bond acceptors (Lipinski definition) is 8. The molecule has 158 valence electrons. The van der Waals surface area contributed by atoms with E-state index in [1.165, 1.54) is 21.1 Å². The molecule has 0 saturated heterocycles. The minimum Gasteiger partial charge on any atom is -0.493 e. The van der Waals surface area contributed by atoms with Crippen LogP contribution in [0.25, 0.3) is 0 Å². The van der Waals surface area contributed by atoms with Gasteiger partial charge in [-0.1, -0.05) is 13.8 Å². The Morgan fingerprint density at radius 1 is 1.23 bits per heavy atom. The molecule has 0 saturated carbocycles. The van der Waals surface area contributed by atoms with E-state index in [1.807, 2.05) is 13.8 Å². The number of ether oxygens (including phenoxy) is 4. The number of carbonyl (C=O) groups excluding carboxylic acids is 2. The van der Waals surface area contributed by atoms with Gasteiger partial charge in [-0.25, -0.2) is 0 Å². The summed E-state index contributed by atoms with van der Waals surface area (Å²) < 4.78 is 21.7. The number of hydrogen-bond donors (Lipinski definition) is 1. The third-order valence-electron chi connectivity index (χ3n) is 5.14. The van der Waals surface area contributed by atoms with Crippen LogP contribution in [0.15, 0.2) is 34.9 Å². The SMILES string of the molecule is COc1cc([C@H]2C(C#N)=C(N)OC3=C2C(=O)CC(C)(C)C3)cc(OC)c1OC(C)=O. The van der Waals surface area contributed by atoms with E-state index in [2.05, 4.69) is 6.07 Å². The van der Waals surface area contributed by atoms with Crippen LogP contribution in [0, 0.1) is 16.7 Å². The minimum atomic E-state index is -0.739. The quantitative estimate of drug-likeness (QED) is 0.592. The number of esters is 1. The van der Waals surface area contributed by atoms with Gasteiger partial charge in [-0.15, -0.1) is 0 Å². The van der Waals surface area contributed by atoms with Crippen molar-refractivity contribution in [1.82, 2.24) is 0 Å². The van der Waals surface area contributed by atoms with Gasteiger partial charge in [-0.3, -0.25) is 9.59 Å². The van der Waals surface area contributed by atoms with E-state index in [1.54, 1.807) is 12.1 Å². The zero-order chi connectivity index (χ0) is 22.2. The van der Waals surface area contributed by atoms with Gasteiger partial charge in [0.25, 0.3) is 0 Å². The number of nitrogens with two attached hydrogens (primary N) is 1. The molecule has 0 amide bonds. The third kappa shape index (κ3) is 3.71. The lowest BCUT2D eigenvalue weighted by atomic mass is 9.70. The van der Waals surface area contributed by atoms with Crippen molar-refractivity contribution in [2.45, 2.75) is 39.5 Å². The summed E-state index contributed by atoms with van der Waals surface area (Å²) in [4.78, 5) is 24.6. The molecular weight excluding hydrogens is 388 g/mol. The van der Waals surface area contributed by atoms with Gasteiger partial charge in [-0.2, -0.15) is 5.26 Å². The Bertz CT molecular complexity index is 1000. The molecule has 1 atom stereocenters. The van der Waals surface area contributed by atoms with Gasteiger partial charge in [-0.05, 0) is 23.1 Å². The molecule has 2 N–H and O–H groups in total. The number of rotatable bonds is 4. The fourth-order valence-electron chi connectivity index (χ4n) is 3.93. The summed E-state index contributed by atoms with van der Waals surface area (Å²) in [5, 5.41) is 9.77. The van der Waals surface area contributed by atoms with Crippen molar-refractivity contribution in [2.75, 3.05) is 14.2 Å². The summed E-state index contributed by atoms with van der Waals surface area (Å²) >= 11 is 0. The predicted octanol–water partition coefficient (Wildman–Crippen LogP) is 3.08.